The van der Waals surface area contributed by atoms with E-state index in [0.29, 0.717) is 0 Å². The van der Waals surface area contributed by atoms with Gasteiger partial charge >= 0.3 is 0 Å². The molecule has 2 heterocycles. The van der Waals surface area contributed by atoms with E-state index in [1.807, 2.05) is 23.5 Å². The van der Waals surface area contributed by atoms with E-state index in [2.05, 4.69) is 116 Å². The number of allylic oxidation sites excluding steroid dienone is 3. The van der Waals surface area contributed by atoms with Crippen LogP contribution >= 0.6 is 23.5 Å². The molecule has 0 aromatic heterocycles. The van der Waals surface area contributed by atoms with Crippen LogP contribution in [-0.4, -0.2) is 45.9 Å². The van der Waals surface area contributed by atoms with E-state index in [1.165, 1.54) is 59.6 Å². The Morgan fingerprint density at radius 2 is 1.55 bits per heavy atom. The number of rotatable bonds is 10. The van der Waals surface area contributed by atoms with E-state index in [0.717, 1.165) is 81.9 Å². The number of morpholine rings is 1. The van der Waals surface area contributed by atoms with Crippen molar-refractivity contribution >= 4 is 46.1 Å². The van der Waals surface area contributed by atoms with E-state index in [-0.39, 0.29) is 5.41 Å². The Labute approximate surface area is 312 Å². The van der Waals surface area contributed by atoms with Crippen LogP contribution in [0.25, 0.3) is 28.0 Å². The molecule has 1 unspecified atom stereocenters. The third kappa shape index (κ3) is 5.55. The summed E-state index contributed by atoms with van der Waals surface area (Å²) in [5.41, 5.74) is 9.80. The van der Waals surface area contributed by atoms with Gasteiger partial charge in [-0.05, 0) is 101 Å². The maximum absolute atomic E-state index is 7.78. The molecular formula is C45H49NO3S2. The van der Waals surface area contributed by atoms with Gasteiger partial charge in [-0.15, -0.1) is 23.5 Å². The number of nitrogens with zero attached hydrogens (tertiary/aromatic N) is 1. The molecule has 0 amide bonds. The molecule has 2 aliphatic heterocycles. The van der Waals surface area contributed by atoms with Gasteiger partial charge in [-0.1, -0.05) is 75.2 Å². The average molecular weight is 716 g/mol. The molecule has 1 atom stereocenters. The minimum atomic E-state index is -0.755. The SMILES string of the molecule is CCCC1(CCC)c2ccccc2-c2c1c1c(c3cc(SC)c(SC)cc23)OC(C2=CC=C(OC)CC2)(c2ccc(N3CCOCC3)cc2)C=C1. The lowest BCUT2D eigenvalue weighted by Gasteiger charge is -2.41. The molecule has 2 aliphatic carbocycles. The lowest BCUT2D eigenvalue weighted by atomic mass is 9.69. The Morgan fingerprint density at radius 3 is 2.20 bits per heavy atom. The topological polar surface area (TPSA) is 30.9 Å². The minimum Gasteiger partial charge on any atom is -0.501 e. The van der Waals surface area contributed by atoms with Crippen molar-refractivity contribution in [3.63, 3.8) is 0 Å². The molecule has 51 heavy (non-hydrogen) atoms. The maximum Gasteiger partial charge on any atom is 0.174 e. The summed E-state index contributed by atoms with van der Waals surface area (Å²) in [6, 6.07) is 23.3. The van der Waals surface area contributed by atoms with Crippen LogP contribution in [0.2, 0.25) is 0 Å². The highest BCUT2D eigenvalue weighted by Gasteiger charge is 2.48. The summed E-state index contributed by atoms with van der Waals surface area (Å²) in [5.74, 6) is 2.02. The van der Waals surface area contributed by atoms with Crippen LogP contribution in [0.3, 0.4) is 0 Å². The predicted molar refractivity (Wildman–Crippen MR) is 217 cm³/mol. The molecule has 0 saturated carbocycles. The second-order valence-electron chi connectivity index (χ2n) is 14.2. The Balaban J connectivity index is 1.41. The summed E-state index contributed by atoms with van der Waals surface area (Å²) in [6.45, 7) is 8.05. The zero-order valence-electron chi connectivity index (χ0n) is 30.6. The standard InChI is InChI=1S/C45H49NO3S2/c1-6-21-44(22-7-2)38-11-9-8-10-34(38)41-36-28-39(50-4)40(51-5)29-37(36)43-35(42(41)44)20-23-45(49-43,31-14-18-33(47-3)19-15-31)30-12-16-32(17-13-30)46-24-26-48-27-25-46/h8-14,16-18,20,23,28-29H,6-7,15,19,21-22,24-27H2,1-5H3. The van der Waals surface area contributed by atoms with Gasteiger partial charge in [-0.25, -0.2) is 0 Å². The molecule has 0 N–H and O–H groups in total. The van der Waals surface area contributed by atoms with Crippen LogP contribution in [0.5, 0.6) is 5.75 Å². The molecular weight excluding hydrogens is 667 g/mol. The number of thioether (sulfide) groups is 2. The minimum absolute atomic E-state index is 0.0703. The van der Waals surface area contributed by atoms with E-state index < -0.39 is 5.60 Å². The first-order chi connectivity index (χ1) is 25.0. The molecule has 4 aliphatic rings. The van der Waals surface area contributed by atoms with Crippen molar-refractivity contribution in [3.05, 3.63) is 112 Å². The van der Waals surface area contributed by atoms with E-state index in [1.54, 1.807) is 7.11 Å². The lowest BCUT2D eigenvalue weighted by Crippen LogP contribution is -2.37. The summed E-state index contributed by atoms with van der Waals surface area (Å²) >= 11 is 3.66. The van der Waals surface area contributed by atoms with Crippen molar-refractivity contribution in [2.45, 2.75) is 73.2 Å². The van der Waals surface area contributed by atoms with Gasteiger partial charge in [0.25, 0.3) is 0 Å². The predicted octanol–water partition coefficient (Wildman–Crippen LogP) is 11.5. The van der Waals surface area contributed by atoms with Crippen molar-refractivity contribution in [1.82, 2.24) is 0 Å². The molecule has 1 fully saturated rings. The number of hydrogen-bond acceptors (Lipinski definition) is 6. The Hall–Kier alpha value is -3.58. The van der Waals surface area contributed by atoms with Gasteiger partial charge in [0, 0.05) is 56.9 Å². The van der Waals surface area contributed by atoms with E-state index in [4.69, 9.17) is 14.2 Å². The lowest BCUT2D eigenvalue weighted by molar-refractivity contribution is 0.122. The second kappa shape index (κ2) is 14.1. The smallest absolute Gasteiger partial charge is 0.174 e. The highest BCUT2D eigenvalue weighted by Crippen LogP contribution is 2.61. The van der Waals surface area contributed by atoms with Crippen LogP contribution in [0, 0.1) is 0 Å². The first kappa shape index (κ1) is 34.5. The van der Waals surface area contributed by atoms with Gasteiger partial charge in [-0.2, -0.15) is 0 Å². The molecule has 0 spiro atoms. The number of methoxy groups -OCH3 is 1. The van der Waals surface area contributed by atoms with Crippen LogP contribution in [0.15, 0.2) is 100 Å². The molecule has 264 valence electrons. The molecule has 4 nitrogen and oxygen atoms in total. The van der Waals surface area contributed by atoms with Crippen LogP contribution in [0.4, 0.5) is 5.69 Å². The van der Waals surface area contributed by atoms with Gasteiger partial charge in [0.15, 0.2) is 5.60 Å². The number of hydrogen-bond donors (Lipinski definition) is 0. The first-order valence-corrected chi connectivity index (χ1v) is 21.1. The first-order valence-electron chi connectivity index (χ1n) is 18.6. The molecule has 1 saturated heterocycles. The van der Waals surface area contributed by atoms with E-state index >= 15 is 0 Å². The van der Waals surface area contributed by atoms with E-state index in [9.17, 15) is 0 Å². The van der Waals surface area contributed by atoms with Gasteiger partial charge < -0.3 is 19.1 Å². The number of fused-ring (bicyclic) bond motifs is 8. The fourth-order valence-electron chi connectivity index (χ4n) is 9.35. The largest absolute Gasteiger partial charge is 0.501 e. The molecule has 4 aromatic rings. The molecule has 0 bridgehead atoms. The van der Waals surface area contributed by atoms with Gasteiger partial charge in [0.2, 0.25) is 0 Å². The Bertz CT molecular complexity index is 2050. The van der Waals surface area contributed by atoms with Crippen LogP contribution in [0.1, 0.15) is 74.6 Å². The van der Waals surface area contributed by atoms with Gasteiger partial charge in [-0.3, -0.25) is 0 Å². The quantitative estimate of drug-likeness (QED) is 0.152. The summed E-state index contributed by atoms with van der Waals surface area (Å²) in [5, 5.41) is 2.51. The zero-order valence-corrected chi connectivity index (χ0v) is 32.3. The highest BCUT2D eigenvalue weighted by molar-refractivity contribution is 8.01. The highest BCUT2D eigenvalue weighted by atomic mass is 32.2. The fourth-order valence-corrected chi connectivity index (χ4v) is 10.8. The maximum atomic E-state index is 7.78. The van der Waals surface area contributed by atoms with Crippen LogP contribution < -0.4 is 9.64 Å². The summed E-state index contributed by atoms with van der Waals surface area (Å²) in [7, 11) is 1.77. The van der Waals surface area contributed by atoms with Crippen molar-refractivity contribution < 1.29 is 14.2 Å². The molecule has 4 aromatic carbocycles. The van der Waals surface area contributed by atoms with Gasteiger partial charge in [0.05, 0.1) is 26.1 Å². The zero-order chi connectivity index (χ0) is 35.2. The average Bonchev–Trinajstić information content (AvgIpc) is 3.47. The molecule has 6 heteroatoms. The third-order valence-electron chi connectivity index (χ3n) is 11.6. The van der Waals surface area contributed by atoms with Crippen molar-refractivity contribution in [3.8, 4) is 16.9 Å². The number of anilines is 1. The number of ether oxygens (including phenoxy) is 3. The summed E-state index contributed by atoms with van der Waals surface area (Å²) < 4.78 is 19.1. The molecule has 0 radical (unpaired) electrons. The third-order valence-corrected chi connectivity index (χ3v) is 13.3. The van der Waals surface area contributed by atoms with Crippen LogP contribution in [-0.2, 0) is 20.5 Å². The van der Waals surface area contributed by atoms with Crippen molar-refractivity contribution in [1.29, 1.82) is 0 Å². The monoisotopic (exact) mass is 715 g/mol. The summed E-state index contributed by atoms with van der Waals surface area (Å²) in [6.07, 6.45) is 19.8. The fraction of sp³-hybridized carbons (Fsp3) is 0.378. The van der Waals surface area contributed by atoms with Crippen molar-refractivity contribution in [2.75, 3.05) is 50.8 Å². The Kier molecular flexibility index (Phi) is 9.54. The molecule has 8 rings (SSSR count). The second-order valence-corrected chi connectivity index (χ2v) is 15.9. The normalized spacial score (nSPS) is 20.3. The summed E-state index contributed by atoms with van der Waals surface area (Å²) in [4.78, 5) is 5.03. The van der Waals surface area contributed by atoms with Crippen molar-refractivity contribution in [2.24, 2.45) is 0 Å². The number of benzene rings is 4. The Morgan fingerprint density at radius 1 is 0.843 bits per heavy atom. The van der Waals surface area contributed by atoms with Gasteiger partial charge in [0.1, 0.15) is 5.75 Å².